The van der Waals surface area contributed by atoms with Crippen molar-refractivity contribution in [3.8, 4) is 0 Å². The highest BCUT2D eigenvalue weighted by Crippen LogP contribution is 2.35. The van der Waals surface area contributed by atoms with Gasteiger partial charge in [0.2, 0.25) is 0 Å². The Balaban J connectivity index is 1.47. The van der Waals surface area contributed by atoms with Gasteiger partial charge in [-0.05, 0) is 68.5 Å². The highest BCUT2D eigenvalue weighted by atomic mass is 32.3. The Morgan fingerprint density at radius 1 is 0.949 bits per heavy atom. The Bertz CT molecular complexity index is 1710. The van der Waals surface area contributed by atoms with Gasteiger partial charge in [0.25, 0.3) is 20.0 Å². The largest absolute Gasteiger partial charge is 0.444 e. The number of ether oxygens (including phenoxy) is 1. The van der Waals surface area contributed by atoms with Crippen LogP contribution in [-0.4, -0.2) is 40.0 Å². The van der Waals surface area contributed by atoms with Crippen molar-refractivity contribution in [2.45, 2.75) is 47.8 Å². The van der Waals surface area contributed by atoms with Crippen molar-refractivity contribution >= 4 is 64.6 Å². The van der Waals surface area contributed by atoms with Gasteiger partial charge in [0.15, 0.2) is 0 Å². The lowest BCUT2D eigenvalue weighted by atomic mass is 10.1. The molecule has 9 nitrogen and oxygen atoms in total. The van der Waals surface area contributed by atoms with Gasteiger partial charge in [-0.1, -0.05) is 36.4 Å². The van der Waals surface area contributed by atoms with Crippen LogP contribution in [0, 0.1) is 0 Å². The maximum atomic E-state index is 13.9. The van der Waals surface area contributed by atoms with Crippen molar-refractivity contribution in [3.63, 3.8) is 0 Å². The molecule has 5 rings (SSSR count). The molecule has 0 atom stereocenters. The first-order valence-corrected chi connectivity index (χ1v) is 16.6. The minimum absolute atomic E-state index is 0.00157. The first-order valence-electron chi connectivity index (χ1n) is 12.0. The van der Waals surface area contributed by atoms with Gasteiger partial charge in [-0.3, -0.25) is 0 Å². The number of nitrogens with zero attached hydrogens (tertiary/aromatic N) is 2. The molecule has 0 unspecified atom stereocenters. The van der Waals surface area contributed by atoms with Crippen molar-refractivity contribution in [1.29, 1.82) is 0 Å². The zero-order valence-electron chi connectivity index (χ0n) is 21.4. The molecule has 0 bridgehead atoms. The second-order valence-electron chi connectivity index (χ2n) is 9.97. The summed E-state index contributed by atoms with van der Waals surface area (Å²) in [4.78, 5) is 17.3. The average molecular weight is 606 g/mol. The second-order valence-corrected chi connectivity index (χ2v) is 16.1. The lowest BCUT2D eigenvalue weighted by Crippen LogP contribution is -2.45. The van der Waals surface area contributed by atoms with Crippen molar-refractivity contribution < 1.29 is 26.4 Å². The molecular weight excluding hydrogens is 579 g/mol. The molecule has 1 aliphatic rings. The minimum atomic E-state index is -4.35. The van der Waals surface area contributed by atoms with Gasteiger partial charge in [-0.25, -0.2) is 13.2 Å². The van der Waals surface area contributed by atoms with E-state index in [1.54, 1.807) is 45.0 Å². The van der Waals surface area contributed by atoms with E-state index in [1.165, 1.54) is 29.2 Å². The Morgan fingerprint density at radius 3 is 2.33 bits per heavy atom. The number of benzene rings is 2. The number of hydrogen-bond donors (Lipinski definition) is 1. The molecule has 2 aromatic carbocycles. The number of thiophene rings is 2. The summed E-state index contributed by atoms with van der Waals surface area (Å²) in [5, 5.41) is 0.748. The summed E-state index contributed by atoms with van der Waals surface area (Å²) in [5.74, 6) is 0. The number of hydrogen-bond acceptors (Lipinski definition) is 8. The zero-order chi connectivity index (χ0) is 28.0. The van der Waals surface area contributed by atoms with Crippen LogP contribution in [0.1, 0.15) is 31.2 Å². The molecule has 1 N–H and O–H groups in total. The quantitative estimate of drug-likeness (QED) is 0.297. The fourth-order valence-corrected chi connectivity index (χ4v) is 9.76. The molecular formula is C26H27N3O6S4. The van der Waals surface area contributed by atoms with E-state index >= 15 is 0 Å². The fraction of sp³-hybridized carbons (Fsp3) is 0.269. The molecule has 206 valence electrons. The summed E-state index contributed by atoms with van der Waals surface area (Å²) in [7, 11) is -8.60. The van der Waals surface area contributed by atoms with E-state index in [1.807, 2.05) is 18.2 Å². The van der Waals surface area contributed by atoms with Crippen LogP contribution in [-0.2, 0) is 37.7 Å². The van der Waals surface area contributed by atoms with Crippen LogP contribution >= 0.6 is 22.7 Å². The number of para-hydroxylation sites is 1. The summed E-state index contributed by atoms with van der Waals surface area (Å²) >= 11 is 2.14. The predicted molar refractivity (Wildman–Crippen MR) is 153 cm³/mol. The third kappa shape index (κ3) is 5.82. The molecule has 0 spiro atoms. The first kappa shape index (κ1) is 27.6. The molecule has 4 aromatic rings. The fourth-order valence-electron chi connectivity index (χ4n) is 4.05. The Hall–Kier alpha value is -2.97. The van der Waals surface area contributed by atoms with Crippen LogP contribution in [0.2, 0.25) is 0 Å². The van der Waals surface area contributed by atoms with Crippen LogP contribution in [0.25, 0.3) is 10.1 Å². The SMILES string of the molecule is CC(C)(C)OC(=O)N1CCc2sc(S(=O)(=O)N(NS(=O)(=O)c3cc4ccccc4s3)c3ccccc3)cc2C1. The number of nitrogens with one attached hydrogen (secondary N) is 1. The maximum absolute atomic E-state index is 13.9. The lowest BCUT2D eigenvalue weighted by Gasteiger charge is -2.29. The van der Waals surface area contributed by atoms with Gasteiger partial charge in [0, 0.05) is 16.1 Å². The third-order valence-electron chi connectivity index (χ3n) is 5.85. The summed E-state index contributed by atoms with van der Waals surface area (Å²) in [6.45, 7) is 5.95. The number of hydrazine groups is 1. The molecule has 3 heterocycles. The van der Waals surface area contributed by atoms with E-state index in [0.717, 1.165) is 37.6 Å². The summed E-state index contributed by atoms with van der Waals surface area (Å²) in [6, 6.07) is 18.3. The third-order valence-corrected chi connectivity index (χ3v) is 12.2. The molecule has 1 aliphatic heterocycles. The van der Waals surface area contributed by atoms with Gasteiger partial charge in [0.05, 0.1) is 12.2 Å². The highest BCUT2D eigenvalue weighted by molar-refractivity contribution is 7.97. The Kier molecular flexibility index (Phi) is 7.22. The number of anilines is 1. The first-order chi connectivity index (χ1) is 18.3. The number of rotatable bonds is 6. The molecule has 1 amide bonds. The van der Waals surface area contributed by atoms with Gasteiger partial charge < -0.3 is 9.64 Å². The molecule has 0 saturated heterocycles. The molecule has 0 aliphatic carbocycles. The van der Waals surface area contributed by atoms with Gasteiger partial charge in [-0.2, -0.15) is 12.8 Å². The predicted octanol–water partition coefficient (Wildman–Crippen LogP) is 5.34. The van der Waals surface area contributed by atoms with E-state index in [0.29, 0.717) is 22.9 Å². The minimum Gasteiger partial charge on any atom is -0.444 e. The van der Waals surface area contributed by atoms with Gasteiger partial charge >= 0.3 is 6.09 Å². The average Bonchev–Trinajstić information content (AvgIpc) is 3.52. The molecule has 13 heteroatoms. The lowest BCUT2D eigenvalue weighted by molar-refractivity contribution is 0.0225. The monoisotopic (exact) mass is 605 g/mol. The van der Waals surface area contributed by atoms with Crippen LogP contribution < -0.4 is 9.25 Å². The Morgan fingerprint density at radius 2 is 1.64 bits per heavy atom. The van der Waals surface area contributed by atoms with E-state index in [2.05, 4.69) is 4.83 Å². The van der Waals surface area contributed by atoms with E-state index in [-0.39, 0.29) is 20.7 Å². The highest BCUT2D eigenvalue weighted by Gasteiger charge is 2.35. The molecule has 0 radical (unpaired) electrons. The van der Waals surface area contributed by atoms with Crippen molar-refractivity contribution in [3.05, 3.63) is 77.2 Å². The van der Waals surface area contributed by atoms with Crippen LogP contribution in [0.4, 0.5) is 10.5 Å². The number of fused-ring (bicyclic) bond motifs is 2. The van der Waals surface area contributed by atoms with Gasteiger partial charge in [-0.15, -0.1) is 27.5 Å². The molecule has 0 saturated carbocycles. The summed E-state index contributed by atoms with van der Waals surface area (Å²) in [6.07, 6.45) is -0.00100. The maximum Gasteiger partial charge on any atom is 0.410 e. The van der Waals surface area contributed by atoms with Crippen molar-refractivity contribution in [2.24, 2.45) is 0 Å². The van der Waals surface area contributed by atoms with E-state index < -0.39 is 31.7 Å². The standard InChI is InChI=1S/C26H27N3O6S4/c1-26(2,3)35-25(30)28-14-13-22-19(17-28)16-24(37-22)39(33,34)29(20-10-5-4-6-11-20)27-38(31,32)23-15-18-9-7-8-12-21(18)36-23/h4-12,15-16,27H,13-14,17H2,1-3H3. The van der Waals surface area contributed by atoms with Crippen LogP contribution in [0.5, 0.6) is 0 Å². The summed E-state index contributed by atoms with van der Waals surface area (Å²) < 4.78 is 61.7. The number of amides is 1. The van der Waals surface area contributed by atoms with E-state index in [9.17, 15) is 21.6 Å². The number of carbonyl (C=O) groups is 1. The molecule has 0 fully saturated rings. The second kappa shape index (κ2) is 10.2. The van der Waals surface area contributed by atoms with E-state index in [4.69, 9.17) is 4.74 Å². The van der Waals surface area contributed by atoms with Crippen molar-refractivity contribution in [2.75, 3.05) is 11.0 Å². The number of sulfonamides is 2. The molecule has 39 heavy (non-hydrogen) atoms. The number of carbonyl (C=O) groups excluding carboxylic acids is 1. The van der Waals surface area contributed by atoms with Crippen LogP contribution in [0.3, 0.4) is 0 Å². The smallest absolute Gasteiger partial charge is 0.410 e. The van der Waals surface area contributed by atoms with Crippen molar-refractivity contribution in [1.82, 2.24) is 9.73 Å². The van der Waals surface area contributed by atoms with Gasteiger partial charge in [0.1, 0.15) is 14.0 Å². The molecule has 2 aromatic heterocycles. The normalized spacial score (nSPS) is 14.3. The van der Waals surface area contributed by atoms with Crippen LogP contribution in [0.15, 0.2) is 75.1 Å². The Labute approximate surface area is 235 Å². The topological polar surface area (TPSA) is 113 Å². The summed E-state index contributed by atoms with van der Waals surface area (Å²) in [5.41, 5.74) is 0.183. The zero-order valence-corrected chi connectivity index (χ0v) is 24.7.